The Bertz CT molecular complexity index is 165. The highest BCUT2D eigenvalue weighted by atomic mass is 16.5. The summed E-state index contributed by atoms with van der Waals surface area (Å²) in [4.78, 5) is 2.41. The summed E-state index contributed by atoms with van der Waals surface area (Å²) in [6.07, 6.45) is 1.04. The van der Waals surface area contributed by atoms with Gasteiger partial charge in [-0.05, 0) is 19.5 Å². The molecule has 1 saturated heterocycles. The number of nitrogens with two attached hydrogens (primary N) is 1. The highest BCUT2D eigenvalue weighted by Gasteiger charge is 2.32. The van der Waals surface area contributed by atoms with E-state index in [1.165, 1.54) is 0 Å². The molecular formula is C11H25N3O. The summed E-state index contributed by atoms with van der Waals surface area (Å²) in [5, 5.41) is 3.55. The van der Waals surface area contributed by atoms with Crippen LogP contribution >= 0.6 is 0 Å². The standard InChI is InChI=1S/C11H25N3O/c1-3-14(4-2)7-6-13-11(9-12)5-8-15-10-11/h13H,3-10,12H2,1-2H3. The van der Waals surface area contributed by atoms with Gasteiger partial charge in [-0.15, -0.1) is 0 Å². The average Bonchev–Trinajstić information content (AvgIpc) is 2.74. The van der Waals surface area contributed by atoms with Crippen LogP contribution < -0.4 is 11.1 Å². The number of hydrogen-bond acceptors (Lipinski definition) is 4. The Labute approximate surface area is 93.1 Å². The molecule has 15 heavy (non-hydrogen) atoms. The van der Waals surface area contributed by atoms with E-state index in [-0.39, 0.29) is 5.54 Å². The van der Waals surface area contributed by atoms with Crippen LogP contribution in [0.1, 0.15) is 20.3 Å². The van der Waals surface area contributed by atoms with E-state index in [2.05, 4.69) is 24.1 Å². The first kappa shape index (κ1) is 12.9. The molecule has 0 radical (unpaired) electrons. The van der Waals surface area contributed by atoms with E-state index >= 15 is 0 Å². The predicted molar refractivity (Wildman–Crippen MR) is 63.0 cm³/mol. The number of ether oxygens (including phenoxy) is 1. The fourth-order valence-corrected chi connectivity index (χ4v) is 2.00. The van der Waals surface area contributed by atoms with E-state index in [0.717, 1.165) is 45.8 Å². The highest BCUT2D eigenvalue weighted by molar-refractivity contribution is 4.92. The fourth-order valence-electron chi connectivity index (χ4n) is 2.00. The van der Waals surface area contributed by atoms with Crippen molar-refractivity contribution in [1.29, 1.82) is 0 Å². The van der Waals surface area contributed by atoms with Gasteiger partial charge in [0.25, 0.3) is 0 Å². The molecule has 1 atom stereocenters. The molecule has 4 heteroatoms. The van der Waals surface area contributed by atoms with Crippen molar-refractivity contribution in [2.45, 2.75) is 25.8 Å². The lowest BCUT2D eigenvalue weighted by atomic mass is 9.99. The van der Waals surface area contributed by atoms with E-state index in [9.17, 15) is 0 Å². The molecule has 1 aliphatic heterocycles. The quantitative estimate of drug-likeness (QED) is 0.629. The van der Waals surface area contributed by atoms with Crippen LogP contribution in [0.2, 0.25) is 0 Å². The fraction of sp³-hybridized carbons (Fsp3) is 1.00. The summed E-state index contributed by atoms with van der Waals surface area (Å²) in [5.41, 5.74) is 5.84. The first-order valence-electron chi connectivity index (χ1n) is 6.01. The van der Waals surface area contributed by atoms with Crippen LogP contribution in [0.5, 0.6) is 0 Å². The Kier molecular flexibility index (Phi) is 5.53. The first-order chi connectivity index (χ1) is 7.26. The van der Waals surface area contributed by atoms with Crippen LogP contribution in [0.4, 0.5) is 0 Å². The first-order valence-corrected chi connectivity index (χ1v) is 6.01. The third kappa shape index (κ3) is 3.72. The van der Waals surface area contributed by atoms with Crippen molar-refractivity contribution < 1.29 is 4.74 Å². The lowest BCUT2D eigenvalue weighted by Gasteiger charge is -2.28. The molecule has 0 aromatic heterocycles. The maximum Gasteiger partial charge on any atom is 0.0661 e. The molecule has 4 nitrogen and oxygen atoms in total. The molecule has 0 aliphatic carbocycles. The normalized spacial score (nSPS) is 26.4. The second kappa shape index (κ2) is 6.43. The second-order valence-corrected chi connectivity index (χ2v) is 4.24. The zero-order valence-electron chi connectivity index (χ0n) is 10.1. The SMILES string of the molecule is CCN(CC)CCNC1(CN)CCOC1. The van der Waals surface area contributed by atoms with E-state index < -0.39 is 0 Å². The van der Waals surface area contributed by atoms with Gasteiger partial charge in [-0.1, -0.05) is 13.8 Å². The minimum Gasteiger partial charge on any atom is -0.379 e. The van der Waals surface area contributed by atoms with E-state index in [4.69, 9.17) is 10.5 Å². The van der Waals surface area contributed by atoms with E-state index in [1.54, 1.807) is 0 Å². The van der Waals surface area contributed by atoms with Crippen molar-refractivity contribution in [1.82, 2.24) is 10.2 Å². The van der Waals surface area contributed by atoms with Crippen molar-refractivity contribution >= 4 is 0 Å². The molecule has 0 bridgehead atoms. The second-order valence-electron chi connectivity index (χ2n) is 4.24. The van der Waals surface area contributed by atoms with Crippen LogP contribution in [-0.2, 0) is 4.74 Å². The third-order valence-electron chi connectivity index (χ3n) is 3.32. The van der Waals surface area contributed by atoms with Gasteiger partial charge in [0.2, 0.25) is 0 Å². The summed E-state index contributed by atoms with van der Waals surface area (Å²) in [6.45, 7) is 11.0. The Hall–Kier alpha value is -0.160. The van der Waals surface area contributed by atoms with Gasteiger partial charge in [0.05, 0.1) is 12.1 Å². The maximum absolute atomic E-state index is 5.79. The van der Waals surface area contributed by atoms with Crippen molar-refractivity contribution in [2.75, 3.05) is 45.9 Å². The molecule has 0 saturated carbocycles. The zero-order chi connectivity index (χ0) is 11.1. The summed E-state index contributed by atoms with van der Waals surface area (Å²) in [7, 11) is 0. The van der Waals surface area contributed by atoms with Crippen LogP contribution in [0, 0.1) is 0 Å². The van der Waals surface area contributed by atoms with Crippen LogP contribution in [0.15, 0.2) is 0 Å². The number of rotatable bonds is 7. The van der Waals surface area contributed by atoms with Crippen molar-refractivity contribution in [3.05, 3.63) is 0 Å². The molecule has 90 valence electrons. The van der Waals surface area contributed by atoms with Crippen LogP contribution in [0.3, 0.4) is 0 Å². The van der Waals surface area contributed by atoms with Gasteiger partial charge in [-0.25, -0.2) is 0 Å². The molecule has 0 aromatic rings. The van der Waals surface area contributed by atoms with Crippen molar-refractivity contribution in [3.63, 3.8) is 0 Å². The molecule has 0 amide bonds. The van der Waals surface area contributed by atoms with Gasteiger partial charge >= 0.3 is 0 Å². The van der Waals surface area contributed by atoms with Gasteiger partial charge in [0.15, 0.2) is 0 Å². The van der Waals surface area contributed by atoms with Crippen molar-refractivity contribution in [2.24, 2.45) is 5.73 Å². The highest BCUT2D eigenvalue weighted by Crippen LogP contribution is 2.16. The lowest BCUT2D eigenvalue weighted by molar-refractivity contribution is 0.166. The summed E-state index contributed by atoms with van der Waals surface area (Å²) < 4.78 is 5.41. The smallest absolute Gasteiger partial charge is 0.0661 e. The molecule has 1 aliphatic rings. The lowest BCUT2D eigenvalue weighted by Crippen LogP contribution is -2.53. The summed E-state index contributed by atoms with van der Waals surface area (Å²) in [5.74, 6) is 0. The predicted octanol–water partition coefficient (Wildman–Crippen LogP) is 0.0356. The van der Waals surface area contributed by atoms with E-state index in [1.807, 2.05) is 0 Å². The number of nitrogens with zero attached hydrogens (tertiary/aromatic N) is 1. The van der Waals surface area contributed by atoms with Crippen molar-refractivity contribution in [3.8, 4) is 0 Å². The van der Waals surface area contributed by atoms with Crippen LogP contribution in [-0.4, -0.2) is 56.4 Å². The number of hydrogen-bond donors (Lipinski definition) is 2. The Morgan fingerprint density at radius 2 is 2.13 bits per heavy atom. The molecule has 1 unspecified atom stereocenters. The zero-order valence-corrected chi connectivity index (χ0v) is 10.1. The van der Waals surface area contributed by atoms with E-state index in [0.29, 0.717) is 6.54 Å². The molecule has 0 aromatic carbocycles. The summed E-state index contributed by atoms with van der Waals surface area (Å²) in [6, 6.07) is 0. The maximum atomic E-state index is 5.79. The Morgan fingerprint density at radius 1 is 1.40 bits per heavy atom. The Morgan fingerprint density at radius 3 is 2.60 bits per heavy atom. The number of nitrogens with one attached hydrogen (secondary N) is 1. The molecule has 1 fully saturated rings. The monoisotopic (exact) mass is 215 g/mol. The largest absolute Gasteiger partial charge is 0.379 e. The Balaban J connectivity index is 2.22. The average molecular weight is 215 g/mol. The molecular weight excluding hydrogens is 190 g/mol. The minimum absolute atomic E-state index is 0.0488. The molecule has 1 rings (SSSR count). The van der Waals surface area contributed by atoms with Gasteiger partial charge in [-0.2, -0.15) is 0 Å². The van der Waals surface area contributed by atoms with Gasteiger partial charge < -0.3 is 20.7 Å². The van der Waals surface area contributed by atoms with Gasteiger partial charge in [0.1, 0.15) is 0 Å². The molecule has 0 spiro atoms. The number of likely N-dealkylation sites (N-methyl/N-ethyl adjacent to an activating group) is 1. The third-order valence-corrected chi connectivity index (χ3v) is 3.32. The minimum atomic E-state index is 0.0488. The molecule has 1 heterocycles. The topological polar surface area (TPSA) is 50.5 Å². The molecule has 3 N–H and O–H groups in total. The van der Waals surface area contributed by atoms with Gasteiger partial charge in [-0.3, -0.25) is 0 Å². The summed E-state index contributed by atoms with van der Waals surface area (Å²) >= 11 is 0. The van der Waals surface area contributed by atoms with Gasteiger partial charge in [0, 0.05) is 26.2 Å². The van der Waals surface area contributed by atoms with Crippen LogP contribution in [0.25, 0.3) is 0 Å².